The first kappa shape index (κ1) is 6.58. The van der Waals surface area contributed by atoms with Gasteiger partial charge < -0.3 is 4.98 Å². The van der Waals surface area contributed by atoms with Crippen molar-refractivity contribution in [2.24, 2.45) is 0 Å². The van der Waals surface area contributed by atoms with Gasteiger partial charge in [0.15, 0.2) is 0 Å². The molecule has 0 aromatic carbocycles. The van der Waals surface area contributed by atoms with E-state index in [0.717, 1.165) is 18.5 Å². The third kappa shape index (κ3) is 0.964. The molecular weight excluding hydrogens is 140 g/mol. The van der Waals surface area contributed by atoms with Gasteiger partial charge in [-0.1, -0.05) is 6.92 Å². The average Bonchev–Trinajstić information content (AvgIpc) is 2.32. The molecule has 0 saturated heterocycles. The standard InChI is InChI=1S/C8H10N2O/c1-5-2-3-7-6(5)4-9-8(11)10-7/h4-5H,2-3H2,1H3,(H,9,10,11)/t5-/m1/s1. The molecule has 3 heteroatoms. The Hall–Kier alpha value is -1.12. The van der Waals surface area contributed by atoms with Crippen molar-refractivity contribution in [3.63, 3.8) is 0 Å². The van der Waals surface area contributed by atoms with Crippen molar-refractivity contribution >= 4 is 0 Å². The summed E-state index contributed by atoms with van der Waals surface area (Å²) >= 11 is 0. The lowest BCUT2D eigenvalue weighted by molar-refractivity contribution is 0.745. The predicted octanol–water partition coefficient (Wildman–Crippen LogP) is 0.820. The van der Waals surface area contributed by atoms with Crippen molar-refractivity contribution in [1.29, 1.82) is 0 Å². The van der Waals surface area contributed by atoms with Crippen molar-refractivity contribution in [2.75, 3.05) is 0 Å². The molecule has 0 unspecified atom stereocenters. The lowest BCUT2D eigenvalue weighted by Gasteiger charge is -2.00. The smallest absolute Gasteiger partial charge is 0.310 e. The summed E-state index contributed by atoms with van der Waals surface area (Å²) in [6.07, 6.45) is 3.83. The molecule has 0 radical (unpaired) electrons. The molecule has 1 aliphatic rings. The number of fused-ring (bicyclic) bond motifs is 1. The quantitative estimate of drug-likeness (QED) is 0.595. The molecule has 1 aliphatic carbocycles. The summed E-state index contributed by atoms with van der Waals surface area (Å²) in [5.74, 6) is 0.564. The van der Waals surface area contributed by atoms with Crippen LogP contribution in [-0.4, -0.2) is 9.97 Å². The Labute approximate surface area is 64.5 Å². The minimum atomic E-state index is -0.224. The van der Waals surface area contributed by atoms with Gasteiger partial charge in [0, 0.05) is 11.9 Å². The average molecular weight is 150 g/mol. The topological polar surface area (TPSA) is 45.8 Å². The lowest BCUT2D eigenvalue weighted by Crippen LogP contribution is -2.12. The molecular formula is C8H10N2O. The van der Waals surface area contributed by atoms with Gasteiger partial charge >= 0.3 is 5.69 Å². The zero-order valence-electron chi connectivity index (χ0n) is 6.42. The van der Waals surface area contributed by atoms with Gasteiger partial charge in [0.05, 0.1) is 0 Å². The van der Waals surface area contributed by atoms with Gasteiger partial charge in [0.2, 0.25) is 0 Å². The second-order valence-electron chi connectivity index (χ2n) is 3.06. The monoisotopic (exact) mass is 150 g/mol. The van der Waals surface area contributed by atoms with Crippen LogP contribution in [-0.2, 0) is 6.42 Å². The fourth-order valence-corrected chi connectivity index (χ4v) is 1.59. The van der Waals surface area contributed by atoms with Crippen molar-refractivity contribution < 1.29 is 0 Å². The van der Waals surface area contributed by atoms with Gasteiger partial charge in [-0.15, -0.1) is 0 Å². The van der Waals surface area contributed by atoms with Gasteiger partial charge in [-0.3, -0.25) is 0 Å². The van der Waals surface area contributed by atoms with E-state index in [0.29, 0.717) is 5.92 Å². The molecule has 58 valence electrons. The fraction of sp³-hybridized carbons (Fsp3) is 0.500. The third-order valence-electron chi connectivity index (χ3n) is 2.29. The van der Waals surface area contributed by atoms with Gasteiger partial charge in [-0.2, -0.15) is 0 Å². The second-order valence-corrected chi connectivity index (χ2v) is 3.06. The van der Waals surface area contributed by atoms with Crippen molar-refractivity contribution in [2.45, 2.75) is 25.7 Å². The summed E-state index contributed by atoms with van der Waals surface area (Å²) in [5, 5.41) is 0. The van der Waals surface area contributed by atoms with Crippen LogP contribution in [0.4, 0.5) is 0 Å². The van der Waals surface area contributed by atoms with E-state index >= 15 is 0 Å². The van der Waals surface area contributed by atoms with E-state index in [4.69, 9.17) is 0 Å². The minimum Gasteiger partial charge on any atom is -0.310 e. The number of aryl methyl sites for hydroxylation is 1. The number of aromatic nitrogens is 2. The summed E-state index contributed by atoms with van der Waals surface area (Å²) in [6.45, 7) is 2.16. The van der Waals surface area contributed by atoms with Crippen LogP contribution in [0.25, 0.3) is 0 Å². The largest absolute Gasteiger partial charge is 0.345 e. The van der Waals surface area contributed by atoms with Crippen LogP contribution < -0.4 is 5.69 Å². The Morgan fingerprint density at radius 3 is 3.36 bits per heavy atom. The molecule has 1 aromatic rings. The van der Waals surface area contributed by atoms with E-state index in [2.05, 4.69) is 16.9 Å². The normalized spacial score (nSPS) is 21.7. The molecule has 0 spiro atoms. The maximum atomic E-state index is 10.8. The van der Waals surface area contributed by atoms with E-state index in [1.807, 2.05) is 0 Å². The van der Waals surface area contributed by atoms with Crippen LogP contribution in [0.5, 0.6) is 0 Å². The SMILES string of the molecule is C[C@@H]1CCc2[nH]c(=O)ncc21. The van der Waals surface area contributed by atoms with Crippen molar-refractivity contribution in [1.82, 2.24) is 9.97 Å². The molecule has 3 nitrogen and oxygen atoms in total. The molecule has 0 amide bonds. The summed E-state index contributed by atoms with van der Waals surface area (Å²) in [7, 11) is 0. The van der Waals surface area contributed by atoms with Crippen LogP contribution in [0.15, 0.2) is 11.0 Å². The molecule has 1 N–H and O–H groups in total. The number of hydrogen-bond donors (Lipinski definition) is 1. The van der Waals surface area contributed by atoms with Crippen molar-refractivity contribution in [3.8, 4) is 0 Å². The summed E-state index contributed by atoms with van der Waals surface area (Å²) in [4.78, 5) is 17.2. The Balaban J connectivity index is 2.59. The molecule has 0 bridgehead atoms. The van der Waals surface area contributed by atoms with Gasteiger partial charge in [0.25, 0.3) is 0 Å². The van der Waals surface area contributed by atoms with Crippen LogP contribution >= 0.6 is 0 Å². The summed E-state index contributed by atoms with van der Waals surface area (Å²) < 4.78 is 0. The summed E-state index contributed by atoms with van der Waals surface area (Å²) in [5.41, 5.74) is 2.07. The van der Waals surface area contributed by atoms with E-state index < -0.39 is 0 Å². The maximum Gasteiger partial charge on any atom is 0.345 e. The minimum absolute atomic E-state index is 0.224. The molecule has 1 atom stereocenters. The van der Waals surface area contributed by atoms with Crippen LogP contribution in [0, 0.1) is 0 Å². The van der Waals surface area contributed by atoms with Crippen LogP contribution in [0.1, 0.15) is 30.5 Å². The Morgan fingerprint density at radius 2 is 2.55 bits per heavy atom. The predicted molar refractivity (Wildman–Crippen MR) is 41.6 cm³/mol. The number of H-pyrrole nitrogens is 1. The van der Waals surface area contributed by atoms with E-state index in [1.165, 1.54) is 5.56 Å². The molecule has 1 heterocycles. The molecule has 0 fully saturated rings. The first-order valence-electron chi connectivity index (χ1n) is 3.85. The van der Waals surface area contributed by atoms with E-state index in [-0.39, 0.29) is 5.69 Å². The molecule has 2 rings (SSSR count). The zero-order chi connectivity index (χ0) is 7.84. The second kappa shape index (κ2) is 2.19. The van der Waals surface area contributed by atoms with Gasteiger partial charge in [-0.05, 0) is 24.3 Å². The summed E-state index contributed by atoms with van der Waals surface area (Å²) in [6, 6.07) is 0. The zero-order valence-corrected chi connectivity index (χ0v) is 6.42. The number of nitrogens with one attached hydrogen (secondary N) is 1. The highest BCUT2D eigenvalue weighted by Gasteiger charge is 2.18. The fourth-order valence-electron chi connectivity index (χ4n) is 1.59. The molecule has 0 aliphatic heterocycles. The Morgan fingerprint density at radius 1 is 1.73 bits per heavy atom. The van der Waals surface area contributed by atoms with Gasteiger partial charge in [0.1, 0.15) is 0 Å². The Bertz CT molecular complexity index is 329. The highest BCUT2D eigenvalue weighted by Crippen LogP contribution is 2.29. The number of aromatic amines is 1. The van der Waals surface area contributed by atoms with Crippen LogP contribution in [0.2, 0.25) is 0 Å². The van der Waals surface area contributed by atoms with Crippen molar-refractivity contribution in [3.05, 3.63) is 27.9 Å². The first-order chi connectivity index (χ1) is 5.27. The van der Waals surface area contributed by atoms with Crippen LogP contribution in [0.3, 0.4) is 0 Å². The Kier molecular flexibility index (Phi) is 1.31. The lowest BCUT2D eigenvalue weighted by atomic mass is 10.1. The van der Waals surface area contributed by atoms with E-state index in [9.17, 15) is 4.79 Å². The number of hydrogen-bond acceptors (Lipinski definition) is 2. The molecule has 0 saturated carbocycles. The maximum absolute atomic E-state index is 10.8. The van der Waals surface area contributed by atoms with Gasteiger partial charge in [-0.25, -0.2) is 9.78 Å². The highest BCUT2D eigenvalue weighted by atomic mass is 16.1. The van der Waals surface area contributed by atoms with E-state index in [1.54, 1.807) is 6.20 Å². The highest BCUT2D eigenvalue weighted by molar-refractivity contribution is 5.25. The number of rotatable bonds is 0. The first-order valence-corrected chi connectivity index (χ1v) is 3.85. The number of nitrogens with zero attached hydrogens (tertiary/aromatic N) is 1. The third-order valence-corrected chi connectivity index (χ3v) is 2.29. The molecule has 1 aromatic heterocycles. The molecule has 11 heavy (non-hydrogen) atoms.